The van der Waals surface area contributed by atoms with E-state index in [1.165, 1.54) is 0 Å². The number of carbonyl (C=O) groups excluding carboxylic acids is 2. The molecule has 0 saturated carbocycles. The Labute approximate surface area is 170 Å². The first-order valence-electron chi connectivity index (χ1n) is 10.1. The molecule has 2 aliphatic rings. The maximum absolute atomic E-state index is 13.1. The molecular formula is C24H25NO4. The van der Waals surface area contributed by atoms with Gasteiger partial charge in [-0.15, -0.1) is 0 Å². The van der Waals surface area contributed by atoms with Gasteiger partial charge in [0.1, 0.15) is 19.0 Å². The van der Waals surface area contributed by atoms with E-state index in [0.717, 1.165) is 24.0 Å². The third-order valence-electron chi connectivity index (χ3n) is 5.52. The van der Waals surface area contributed by atoms with Crippen molar-refractivity contribution in [1.82, 2.24) is 4.90 Å². The molecule has 0 aliphatic carbocycles. The van der Waals surface area contributed by atoms with Gasteiger partial charge in [-0.05, 0) is 30.9 Å². The number of Topliss-reactive ketones (excluding diaryl/α,β-unsaturated/α-hetero) is 1. The van der Waals surface area contributed by atoms with Crippen LogP contribution in [-0.2, 0) is 14.3 Å². The van der Waals surface area contributed by atoms with Gasteiger partial charge >= 0.3 is 0 Å². The normalized spacial score (nSPS) is 19.3. The van der Waals surface area contributed by atoms with Gasteiger partial charge in [-0.25, -0.2) is 0 Å². The predicted octanol–water partition coefficient (Wildman–Crippen LogP) is 4.05. The first-order valence-corrected chi connectivity index (χ1v) is 10.1. The van der Waals surface area contributed by atoms with Crippen LogP contribution in [-0.4, -0.2) is 42.9 Å². The Morgan fingerprint density at radius 2 is 1.62 bits per heavy atom. The van der Waals surface area contributed by atoms with Gasteiger partial charge in [-0.3, -0.25) is 9.59 Å². The molecule has 5 heteroatoms. The second-order valence-electron chi connectivity index (χ2n) is 7.48. The number of amides is 1. The number of ketones is 1. The molecule has 0 aromatic heterocycles. The van der Waals surface area contributed by atoms with Crippen molar-refractivity contribution in [2.24, 2.45) is 5.92 Å². The van der Waals surface area contributed by atoms with E-state index in [9.17, 15) is 9.59 Å². The summed E-state index contributed by atoms with van der Waals surface area (Å²) < 4.78 is 11.0. The van der Waals surface area contributed by atoms with Gasteiger partial charge in [0.2, 0.25) is 5.76 Å². The molecule has 5 nitrogen and oxygen atoms in total. The SMILES string of the molecule is CC1=C(C(=O)N2CCCC(C(=O)c3ccc(-c4ccccc4)cc3)C2)OCCO1. The van der Waals surface area contributed by atoms with E-state index in [1.807, 2.05) is 42.5 Å². The fourth-order valence-electron chi connectivity index (χ4n) is 3.93. The quantitative estimate of drug-likeness (QED) is 0.738. The zero-order valence-corrected chi connectivity index (χ0v) is 16.6. The molecule has 1 atom stereocenters. The number of allylic oxidation sites excluding steroid dienone is 1. The van der Waals surface area contributed by atoms with Crippen LogP contribution in [0.3, 0.4) is 0 Å². The summed E-state index contributed by atoms with van der Waals surface area (Å²) in [6.45, 7) is 3.63. The molecule has 1 unspecified atom stereocenters. The third-order valence-corrected chi connectivity index (χ3v) is 5.52. The van der Waals surface area contributed by atoms with Crippen LogP contribution in [0.1, 0.15) is 30.1 Å². The van der Waals surface area contributed by atoms with Gasteiger partial charge in [-0.2, -0.15) is 0 Å². The zero-order valence-electron chi connectivity index (χ0n) is 16.6. The summed E-state index contributed by atoms with van der Waals surface area (Å²) in [6, 6.07) is 17.8. The summed E-state index contributed by atoms with van der Waals surface area (Å²) in [5.41, 5.74) is 2.90. The van der Waals surface area contributed by atoms with Crippen molar-refractivity contribution < 1.29 is 19.1 Å². The standard InChI is InChI=1S/C24H25NO4/c1-17-23(29-15-14-28-17)24(27)25-13-5-8-21(16-25)22(26)20-11-9-19(10-12-20)18-6-3-2-4-7-18/h2-4,6-7,9-12,21H,5,8,13-16H2,1H3. The van der Waals surface area contributed by atoms with Crippen molar-refractivity contribution in [3.63, 3.8) is 0 Å². The van der Waals surface area contributed by atoms with Crippen LogP contribution >= 0.6 is 0 Å². The lowest BCUT2D eigenvalue weighted by molar-refractivity contribution is -0.134. The molecule has 0 N–H and O–H groups in total. The second-order valence-corrected chi connectivity index (χ2v) is 7.48. The molecule has 0 radical (unpaired) electrons. The number of hydrogen-bond donors (Lipinski definition) is 0. The van der Waals surface area contributed by atoms with Crippen LogP contribution in [0, 0.1) is 5.92 Å². The summed E-state index contributed by atoms with van der Waals surface area (Å²) in [5.74, 6) is 0.510. The number of hydrogen-bond acceptors (Lipinski definition) is 4. The summed E-state index contributed by atoms with van der Waals surface area (Å²) in [7, 11) is 0. The number of ether oxygens (including phenoxy) is 2. The van der Waals surface area contributed by atoms with E-state index in [1.54, 1.807) is 11.8 Å². The number of rotatable bonds is 4. The smallest absolute Gasteiger partial charge is 0.292 e. The van der Waals surface area contributed by atoms with Crippen molar-refractivity contribution in [3.05, 3.63) is 71.7 Å². The average Bonchev–Trinajstić information content (AvgIpc) is 2.79. The van der Waals surface area contributed by atoms with Gasteiger partial charge < -0.3 is 14.4 Å². The molecule has 1 fully saturated rings. The molecule has 2 heterocycles. The zero-order chi connectivity index (χ0) is 20.2. The highest BCUT2D eigenvalue weighted by molar-refractivity contribution is 5.99. The topological polar surface area (TPSA) is 55.8 Å². The molecule has 2 aliphatic heterocycles. The number of carbonyl (C=O) groups is 2. The summed E-state index contributed by atoms with van der Waals surface area (Å²) in [5, 5.41) is 0. The number of benzene rings is 2. The minimum Gasteiger partial charge on any atom is -0.491 e. The Morgan fingerprint density at radius 1 is 0.931 bits per heavy atom. The first kappa shape index (κ1) is 19.2. The Balaban J connectivity index is 1.45. The lowest BCUT2D eigenvalue weighted by atomic mass is 9.89. The van der Waals surface area contributed by atoms with Crippen LogP contribution in [0.2, 0.25) is 0 Å². The Kier molecular flexibility index (Phi) is 5.65. The molecule has 2 aromatic carbocycles. The highest BCUT2D eigenvalue weighted by atomic mass is 16.6. The van der Waals surface area contributed by atoms with E-state index in [4.69, 9.17) is 9.47 Å². The second kappa shape index (κ2) is 8.52. The Bertz CT molecular complexity index is 918. The third kappa shape index (κ3) is 4.19. The minimum absolute atomic E-state index is 0.0913. The van der Waals surface area contributed by atoms with Gasteiger partial charge in [0.25, 0.3) is 5.91 Å². The first-order chi connectivity index (χ1) is 14.1. The Hall–Kier alpha value is -3.08. The van der Waals surface area contributed by atoms with E-state index in [0.29, 0.717) is 37.6 Å². The monoisotopic (exact) mass is 391 g/mol. The molecule has 0 bridgehead atoms. The van der Waals surface area contributed by atoms with Crippen LogP contribution in [0.5, 0.6) is 0 Å². The van der Waals surface area contributed by atoms with Crippen LogP contribution in [0.15, 0.2) is 66.1 Å². The average molecular weight is 391 g/mol. The molecule has 2 aromatic rings. The Morgan fingerprint density at radius 3 is 2.34 bits per heavy atom. The highest BCUT2D eigenvalue weighted by Crippen LogP contribution is 2.26. The molecule has 1 amide bonds. The maximum atomic E-state index is 13.1. The van der Waals surface area contributed by atoms with Crippen molar-refractivity contribution >= 4 is 11.7 Å². The fraction of sp³-hybridized carbons (Fsp3) is 0.333. The van der Waals surface area contributed by atoms with Crippen molar-refractivity contribution in [2.45, 2.75) is 19.8 Å². The van der Waals surface area contributed by atoms with Crippen LogP contribution in [0.25, 0.3) is 11.1 Å². The van der Waals surface area contributed by atoms with Gasteiger partial charge in [0, 0.05) is 24.6 Å². The molecule has 29 heavy (non-hydrogen) atoms. The van der Waals surface area contributed by atoms with E-state index < -0.39 is 0 Å². The predicted molar refractivity (Wildman–Crippen MR) is 110 cm³/mol. The molecular weight excluding hydrogens is 366 g/mol. The summed E-state index contributed by atoms with van der Waals surface area (Å²) >= 11 is 0. The fourth-order valence-corrected chi connectivity index (χ4v) is 3.93. The molecule has 150 valence electrons. The number of nitrogens with zero attached hydrogens (tertiary/aromatic N) is 1. The van der Waals surface area contributed by atoms with Crippen LogP contribution < -0.4 is 0 Å². The molecule has 0 spiro atoms. The lowest BCUT2D eigenvalue weighted by Crippen LogP contribution is -2.44. The summed E-state index contributed by atoms with van der Waals surface area (Å²) in [4.78, 5) is 27.6. The van der Waals surface area contributed by atoms with Gasteiger partial charge in [0.05, 0.1) is 0 Å². The number of piperidine rings is 1. The van der Waals surface area contributed by atoms with Crippen molar-refractivity contribution in [3.8, 4) is 11.1 Å². The van der Waals surface area contributed by atoms with Crippen molar-refractivity contribution in [2.75, 3.05) is 26.3 Å². The van der Waals surface area contributed by atoms with Gasteiger partial charge in [0.15, 0.2) is 5.78 Å². The largest absolute Gasteiger partial charge is 0.491 e. The van der Waals surface area contributed by atoms with Gasteiger partial charge in [-0.1, -0.05) is 54.6 Å². The van der Waals surface area contributed by atoms with E-state index >= 15 is 0 Å². The molecule has 4 rings (SSSR count). The number of likely N-dealkylation sites (tertiary alicyclic amines) is 1. The van der Waals surface area contributed by atoms with Crippen molar-refractivity contribution in [1.29, 1.82) is 0 Å². The minimum atomic E-state index is -0.194. The maximum Gasteiger partial charge on any atom is 0.292 e. The lowest BCUT2D eigenvalue weighted by Gasteiger charge is -2.33. The molecule has 1 saturated heterocycles. The highest BCUT2D eigenvalue weighted by Gasteiger charge is 2.32. The van der Waals surface area contributed by atoms with E-state index in [2.05, 4.69) is 12.1 Å². The summed E-state index contributed by atoms with van der Waals surface area (Å²) in [6.07, 6.45) is 1.59. The van der Waals surface area contributed by atoms with E-state index in [-0.39, 0.29) is 23.4 Å². The van der Waals surface area contributed by atoms with Crippen LogP contribution in [0.4, 0.5) is 0 Å².